The molecule has 5 nitrogen and oxygen atoms in total. The molecule has 0 saturated carbocycles. The number of carbonyl (C=O) groups is 1. The highest BCUT2D eigenvalue weighted by Gasteiger charge is 2.18. The van der Waals surface area contributed by atoms with Crippen molar-refractivity contribution in [2.75, 3.05) is 11.9 Å². The van der Waals surface area contributed by atoms with Gasteiger partial charge in [-0.3, -0.25) is 4.79 Å². The van der Waals surface area contributed by atoms with Crippen molar-refractivity contribution in [2.24, 2.45) is 0 Å². The Morgan fingerprint density at radius 1 is 1.00 bits per heavy atom. The molecule has 0 spiro atoms. The molecule has 6 heteroatoms. The Kier molecular flexibility index (Phi) is 5.41. The lowest BCUT2D eigenvalue weighted by Gasteiger charge is -2.14. The highest BCUT2D eigenvalue weighted by Crippen LogP contribution is 2.22. The predicted octanol–water partition coefficient (Wildman–Crippen LogP) is 3.16. The molecule has 2 aromatic carbocycles. The summed E-state index contributed by atoms with van der Waals surface area (Å²) in [7, 11) is -3.60. The molecular formula is C18H22N2O3S. The van der Waals surface area contributed by atoms with E-state index in [0.717, 1.165) is 16.8 Å². The summed E-state index contributed by atoms with van der Waals surface area (Å²) < 4.78 is 26.7. The van der Waals surface area contributed by atoms with Gasteiger partial charge < -0.3 is 5.32 Å². The lowest BCUT2D eigenvalue weighted by molar-refractivity contribution is 0.102. The first-order valence-corrected chi connectivity index (χ1v) is 9.22. The summed E-state index contributed by atoms with van der Waals surface area (Å²) in [6, 6.07) is 10.3. The van der Waals surface area contributed by atoms with Crippen LogP contribution < -0.4 is 10.0 Å². The quantitative estimate of drug-likeness (QED) is 0.873. The molecule has 0 aromatic heterocycles. The van der Waals surface area contributed by atoms with Gasteiger partial charge in [0.1, 0.15) is 0 Å². The Labute approximate surface area is 143 Å². The van der Waals surface area contributed by atoms with Gasteiger partial charge >= 0.3 is 0 Å². The normalized spacial score (nSPS) is 11.3. The monoisotopic (exact) mass is 346 g/mol. The molecule has 2 rings (SSSR count). The van der Waals surface area contributed by atoms with Gasteiger partial charge in [-0.15, -0.1) is 0 Å². The zero-order valence-electron chi connectivity index (χ0n) is 14.3. The van der Waals surface area contributed by atoms with E-state index in [1.54, 1.807) is 19.9 Å². The average molecular weight is 346 g/mol. The Morgan fingerprint density at radius 2 is 1.62 bits per heavy atom. The van der Waals surface area contributed by atoms with Crippen molar-refractivity contribution in [1.29, 1.82) is 0 Å². The Balaban J connectivity index is 2.40. The zero-order valence-corrected chi connectivity index (χ0v) is 15.1. The largest absolute Gasteiger partial charge is 0.321 e. The van der Waals surface area contributed by atoms with E-state index in [4.69, 9.17) is 0 Å². The van der Waals surface area contributed by atoms with Gasteiger partial charge in [0.25, 0.3) is 5.91 Å². The molecule has 2 aromatic rings. The fourth-order valence-electron chi connectivity index (χ4n) is 2.48. The second-order valence-electron chi connectivity index (χ2n) is 5.70. The minimum atomic E-state index is -3.60. The van der Waals surface area contributed by atoms with Crippen LogP contribution in [0.1, 0.15) is 34.0 Å². The van der Waals surface area contributed by atoms with Crippen LogP contribution in [0.5, 0.6) is 0 Å². The van der Waals surface area contributed by atoms with Crippen LogP contribution in [0.15, 0.2) is 41.3 Å². The first-order valence-electron chi connectivity index (χ1n) is 7.74. The van der Waals surface area contributed by atoms with Crippen molar-refractivity contribution < 1.29 is 13.2 Å². The van der Waals surface area contributed by atoms with Crippen LogP contribution in [0.2, 0.25) is 0 Å². The number of nitrogens with one attached hydrogen (secondary N) is 2. The second kappa shape index (κ2) is 7.15. The number of sulfonamides is 1. The Morgan fingerprint density at radius 3 is 2.21 bits per heavy atom. The van der Waals surface area contributed by atoms with Crippen LogP contribution in [0.3, 0.4) is 0 Å². The van der Waals surface area contributed by atoms with Gasteiger partial charge in [0.2, 0.25) is 10.0 Å². The minimum Gasteiger partial charge on any atom is -0.321 e. The van der Waals surface area contributed by atoms with E-state index in [2.05, 4.69) is 10.0 Å². The number of amides is 1. The molecule has 1 amide bonds. The van der Waals surface area contributed by atoms with E-state index in [1.165, 1.54) is 12.1 Å². The van der Waals surface area contributed by atoms with Gasteiger partial charge in [0, 0.05) is 17.8 Å². The summed E-state index contributed by atoms with van der Waals surface area (Å²) in [5.74, 6) is -0.321. The van der Waals surface area contributed by atoms with Crippen LogP contribution in [0.4, 0.5) is 5.69 Å². The van der Waals surface area contributed by atoms with Gasteiger partial charge in [0.15, 0.2) is 0 Å². The van der Waals surface area contributed by atoms with E-state index in [0.29, 0.717) is 17.7 Å². The van der Waals surface area contributed by atoms with Crippen molar-refractivity contribution >= 4 is 21.6 Å². The number of hydrogen-bond acceptors (Lipinski definition) is 3. The third-order valence-corrected chi connectivity index (χ3v) is 5.36. The number of rotatable bonds is 5. The highest BCUT2D eigenvalue weighted by molar-refractivity contribution is 7.89. The number of aryl methyl sites for hydroxylation is 3. The van der Waals surface area contributed by atoms with Crippen LogP contribution >= 0.6 is 0 Å². The molecule has 0 bridgehead atoms. The smallest absolute Gasteiger partial charge is 0.255 e. The van der Waals surface area contributed by atoms with Crippen molar-refractivity contribution in [2.45, 2.75) is 32.6 Å². The van der Waals surface area contributed by atoms with Gasteiger partial charge in [-0.05, 0) is 49.6 Å². The fourth-order valence-corrected chi connectivity index (χ4v) is 3.55. The number of hydrogen-bond donors (Lipinski definition) is 2. The molecule has 0 heterocycles. The van der Waals surface area contributed by atoms with Gasteiger partial charge in [-0.1, -0.05) is 31.2 Å². The maximum atomic E-state index is 12.7. The zero-order chi connectivity index (χ0) is 17.9. The summed E-state index contributed by atoms with van der Waals surface area (Å²) >= 11 is 0. The molecule has 0 aliphatic heterocycles. The van der Waals surface area contributed by atoms with Crippen LogP contribution in [-0.2, 0) is 10.0 Å². The highest BCUT2D eigenvalue weighted by atomic mass is 32.2. The van der Waals surface area contributed by atoms with Crippen molar-refractivity contribution in [3.05, 3.63) is 58.7 Å². The molecule has 128 valence electrons. The van der Waals surface area contributed by atoms with Crippen LogP contribution in [0.25, 0.3) is 0 Å². The van der Waals surface area contributed by atoms with Crippen molar-refractivity contribution in [3.63, 3.8) is 0 Å². The lowest BCUT2D eigenvalue weighted by atomic mass is 10.1. The van der Waals surface area contributed by atoms with E-state index in [9.17, 15) is 13.2 Å². The maximum Gasteiger partial charge on any atom is 0.255 e. The van der Waals surface area contributed by atoms with Gasteiger partial charge in [-0.2, -0.15) is 0 Å². The third kappa shape index (κ3) is 3.83. The van der Waals surface area contributed by atoms with Gasteiger partial charge in [-0.25, -0.2) is 13.1 Å². The van der Waals surface area contributed by atoms with Crippen LogP contribution in [-0.4, -0.2) is 20.9 Å². The van der Waals surface area contributed by atoms with E-state index < -0.39 is 10.0 Å². The Hall–Kier alpha value is -2.18. The molecule has 2 N–H and O–H groups in total. The topological polar surface area (TPSA) is 75.3 Å². The van der Waals surface area contributed by atoms with Gasteiger partial charge in [0.05, 0.1) is 4.90 Å². The number of benzene rings is 2. The molecule has 0 aliphatic rings. The average Bonchev–Trinajstić information content (AvgIpc) is 2.51. The number of para-hydroxylation sites is 1. The molecule has 0 saturated heterocycles. The first-order chi connectivity index (χ1) is 11.3. The summed E-state index contributed by atoms with van der Waals surface area (Å²) in [5, 5.41) is 2.89. The maximum absolute atomic E-state index is 12.7. The fraction of sp³-hybridized carbons (Fsp3) is 0.278. The molecule has 24 heavy (non-hydrogen) atoms. The van der Waals surface area contributed by atoms with E-state index in [1.807, 2.05) is 32.0 Å². The molecular weight excluding hydrogens is 324 g/mol. The summed E-state index contributed by atoms with van der Waals surface area (Å²) in [4.78, 5) is 12.7. The predicted molar refractivity (Wildman–Crippen MR) is 95.9 cm³/mol. The molecule has 0 atom stereocenters. The second-order valence-corrected chi connectivity index (χ2v) is 7.47. The van der Waals surface area contributed by atoms with E-state index >= 15 is 0 Å². The lowest BCUT2D eigenvalue weighted by Crippen LogP contribution is -2.24. The number of anilines is 1. The van der Waals surface area contributed by atoms with Crippen molar-refractivity contribution in [1.82, 2.24) is 4.72 Å². The summed E-state index contributed by atoms with van der Waals surface area (Å²) in [6.45, 7) is 7.62. The minimum absolute atomic E-state index is 0.0848. The Bertz CT molecular complexity index is 854. The summed E-state index contributed by atoms with van der Waals surface area (Å²) in [5.41, 5.74) is 3.72. The first kappa shape index (κ1) is 18.2. The molecule has 0 aliphatic carbocycles. The van der Waals surface area contributed by atoms with E-state index in [-0.39, 0.29) is 10.8 Å². The third-order valence-electron chi connectivity index (χ3n) is 3.82. The van der Waals surface area contributed by atoms with Crippen molar-refractivity contribution in [3.8, 4) is 0 Å². The summed E-state index contributed by atoms with van der Waals surface area (Å²) in [6.07, 6.45) is 0. The molecule has 0 radical (unpaired) electrons. The standard InChI is InChI=1S/C18H22N2O3S/c1-5-19-24(22,23)15-10-9-12(2)16(11-15)18(21)20-17-13(3)7-6-8-14(17)4/h6-11,19H,5H2,1-4H3,(H,20,21). The SMILES string of the molecule is CCNS(=O)(=O)c1ccc(C)c(C(=O)Nc2c(C)cccc2C)c1. The number of carbonyl (C=O) groups excluding carboxylic acids is 1. The molecule has 0 unspecified atom stereocenters. The van der Waals surface area contributed by atoms with Crippen LogP contribution in [0, 0.1) is 20.8 Å². The molecule has 0 fully saturated rings.